The summed E-state index contributed by atoms with van der Waals surface area (Å²) in [7, 11) is 0. The zero-order valence-electron chi connectivity index (χ0n) is 10.4. The highest BCUT2D eigenvalue weighted by Crippen LogP contribution is 2.28. The second kappa shape index (κ2) is 5.27. The maximum atomic E-state index is 4.56. The lowest BCUT2D eigenvalue weighted by atomic mass is 10.2. The molecule has 0 fully saturated rings. The van der Waals surface area contributed by atoms with E-state index in [1.54, 1.807) is 11.3 Å². The molecule has 0 bridgehead atoms. The SMILES string of the molecule is Cc1ccncc1CNc1nc2ccc(Br)cc2s1. The van der Waals surface area contributed by atoms with Gasteiger partial charge in [0.05, 0.1) is 10.2 Å². The number of rotatable bonds is 3. The molecule has 0 aliphatic heterocycles. The molecule has 2 heterocycles. The molecule has 3 aromatic rings. The monoisotopic (exact) mass is 333 g/mol. The van der Waals surface area contributed by atoms with E-state index in [-0.39, 0.29) is 0 Å². The molecule has 3 nitrogen and oxygen atoms in total. The van der Waals surface area contributed by atoms with Crippen LogP contribution in [-0.4, -0.2) is 9.97 Å². The molecule has 3 rings (SSSR count). The third-order valence-electron chi connectivity index (χ3n) is 2.93. The molecule has 1 aromatic carbocycles. The first-order valence-corrected chi connectivity index (χ1v) is 7.53. The van der Waals surface area contributed by atoms with Gasteiger partial charge in [-0.3, -0.25) is 4.98 Å². The molecule has 0 saturated carbocycles. The average Bonchev–Trinajstić information content (AvgIpc) is 2.79. The quantitative estimate of drug-likeness (QED) is 0.773. The molecule has 5 heteroatoms. The third kappa shape index (κ3) is 2.77. The van der Waals surface area contributed by atoms with Crippen LogP contribution in [0.5, 0.6) is 0 Å². The van der Waals surface area contributed by atoms with Gasteiger partial charge in [-0.1, -0.05) is 27.3 Å². The van der Waals surface area contributed by atoms with Crippen LogP contribution >= 0.6 is 27.3 Å². The molecular weight excluding hydrogens is 322 g/mol. The topological polar surface area (TPSA) is 37.8 Å². The van der Waals surface area contributed by atoms with E-state index < -0.39 is 0 Å². The van der Waals surface area contributed by atoms with Crippen LogP contribution in [0.1, 0.15) is 11.1 Å². The number of hydrogen-bond donors (Lipinski definition) is 1. The normalized spacial score (nSPS) is 10.8. The predicted octanol–water partition coefficient (Wildman–Crippen LogP) is 4.37. The summed E-state index contributed by atoms with van der Waals surface area (Å²) in [5.74, 6) is 0. The molecule has 1 N–H and O–H groups in total. The maximum absolute atomic E-state index is 4.56. The van der Waals surface area contributed by atoms with E-state index in [1.165, 1.54) is 15.8 Å². The lowest BCUT2D eigenvalue weighted by Gasteiger charge is -2.04. The first-order valence-electron chi connectivity index (χ1n) is 5.92. The molecule has 2 aromatic heterocycles. The molecule has 0 spiro atoms. The number of nitrogens with one attached hydrogen (secondary N) is 1. The first-order chi connectivity index (χ1) is 9.22. The summed E-state index contributed by atoms with van der Waals surface area (Å²) < 4.78 is 2.26. The smallest absolute Gasteiger partial charge is 0.184 e. The summed E-state index contributed by atoms with van der Waals surface area (Å²) in [6.45, 7) is 2.84. The fraction of sp³-hybridized carbons (Fsp3) is 0.143. The van der Waals surface area contributed by atoms with Crippen LogP contribution in [0.4, 0.5) is 5.13 Å². The molecule has 96 valence electrons. The Bertz CT molecular complexity index is 724. The van der Waals surface area contributed by atoms with Crippen molar-refractivity contribution in [3.63, 3.8) is 0 Å². The molecule has 0 unspecified atom stereocenters. The summed E-state index contributed by atoms with van der Waals surface area (Å²) in [4.78, 5) is 8.71. The molecule has 0 atom stereocenters. The van der Waals surface area contributed by atoms with Gasteiger partial charge in [-0.2, -0.15) is 0 Å². The van der Waals surface area contributed by atoms with Crippen molar-refractivity contribution in [1.29, 1.82) is 0 Å². The Morgan fingerprint density at radius 2 is 2.21 bits per heavy atom. The number of benzene rings is 1. The first kappa shape index (κ1) is 12.6. The minimum atomic E-state index is 0.751. The van der Waals surface area contributed by atoms with Gasteiger partial charge in [0.1, 0.15) is 0 Å². The van der Waals surface area contributed by atoms with E-state index in [9.17, 15) is 0 Å². The highest BCUT2D eigenvalue weighted by atomic mass is 79.9. The van der Waals surface area contributed by atoms with Crippen LogP contribution in [0.15, 0.2) is 41.1 Å². The van der Waals surface area contributed by atoms with Crippen LogP contribution in [0, 0.1) is 6.92 Å². The number of nitrogens with zero attached hydrogens (tertiary/aromatic N) is 2. The molecule has 19 heavy (non-hydrogen) atoms. The van der Waals surface area contributed by atoms with Gasteiger partial charge in [-0.25, -0.2) is 4.98 Å². The third-order valence-corrected chi connectivity index (χ3v) is 4.40. The molecule has 0 aliphatic carbocycles. The van der Waals surface area contributed by atoms with E-state index in [2.05, 4.69) is 44.2 Å². The van der Waals surface area contributed by atoms with E-state index >= 15 is 0 Å². The van der Waals surface area contributed by atoms with Gasteiger partial charge in [0.2, 0.25) is 0 Å². The van der Waals surface area contributed by atoms with E-state index in [0.717, 1.165) is 21.7 Å². The molecule has 0 amide bonds. The van der Waals surface area contributed by atoms with Gasteiger partial charge in [-0.15, -0.1) is 0 Å². The number of pyridine rings is 1. The summed E-state index contributed by atoms with van der Waals surface area (Å²) in [6, 6.07) is 8.15. The van der Waals surface area contributed by atoms with E-state index in [0.29, 0.717) is 0 Å². The zero-order valence-corrected chi connectivity index (χ0v) is 12.8. The summed E-state index contributed by atoms with van der Waals surface area (Å²) >= 11 is 5.14. The number of aryl methyl sites for hydroxylation is 1. The lowest BCUT2D eigenvalue weighted by Crippen LogP contribution is -2.01. The maximum Gasteiger partial charge on any atom is 0.184 e. The van der Waals surface area contributed by atoms with Crippen LogP contribution in [0.3, 0.4) is 0 Å². The van der Waals surface area contributed by atoms with Crippen LogP contribution in [0.2, 0.25) is 0 Å². The van der Waals surface area contributed by atoms with E-state index in [4.69, 9.17) is 0 Å². The van der Waals surface area contributed by atoms with Crippen molar-refractivity contribution >= 4 is 42.6 Å². The Hall–Kier alpha value is -1.46. The van der Waals surface area contributed by atoms with Gasteiger partial charge in [0, 0.05) is 23.4 Å². The Balaban J connectivity index is 1.80. The second-order valence-corrected chi connectivity index (χ2v) is 6.23. The number of thiazole rings is 1. The molecule has 0 aliphatic rings. The fourth-order valence-electron chi connectivity index (χ4n) is 1.83. The Kier molecular flexibility index (Phi) is 3.48. The summed E-state index contributed by atoms with van der Waals surface area (Å²) in [5.41, 5.74) is 3.47. The number of hydrogen-bond acceptors (Lipinski definition) is 4. The van der Waals surface area contributed by atoms with Crippen molar-refractivity contribution in [1.82, 2.24) is 9.97 Å². The van der Waals surface area contributed by atoms with Crippen molar-refractivity contribution in [2.75, 3.05) is 5.32 Å². The minimum Gasteiger partial charge on any atom is -0.357 e. The minimum absolute atomic E-state index is 0.751. The van der Waals surface area contributed by atoms with Gasteiger partial charge in [0.15, 0.2) is 5.13 Å². The van der Waals surface area contributed by atoms with Crippen molar-refractivity contribution in [3.05, 3.63) is 52.3 Å². The zero-order chi connectivity index (χ0) is 13.2. The molecular formula is C14H12BrN3S. The Labute approximate surface area is 123 Å². The van der Waals surface area contributed by atoms with Crippen LogP contribution in [0.25, 0.3) is 10.2 Å². The largest absolute Gasteiger partial charge is 0.357 e. The number of halogens is 1. The van der Waals surface area contributed by atoms with Crippen molar-refractivity contribution in [2.24, 2.45) is 0 Å². The van der Waals surface area contributed by atoms with Crippen LogP contribution < -0.4 is 5.32 Å². The van der Waals surface area contributed by atoms with Gasteiger partial charge in [0.25, 0.3) is 0 Å². The number of fused-ring (bicyclic) bond motifs is 1. The number of aromatic nitrogens is 2. The standard InChI is InChI=1S/C14H12BrN3S/c1-9-4-5-16-7-10(9)8-17-14-18-12-3-2-11(15)6-13(12)19-14/h2-7H,8H2,1H3,(H,17,18). The molecule has 0 radical (unpaired) electrons. The van der Waals surface area contributed by atoms with Gasteiger partial charge < -0.3 is 5.32 Å². The van der Waals surface area contributed by atoms with Crippen LogP contribution in [-0.2, 0) is 6.54 Å². The van der Waals surface area contributed by atoms with Gasteiger partial charge in [-0.05, 0) is 42.3 Å². The summed E-state index contributed by atoms with van der Waals surface area (Å²) in [6.07, 6.45) is 3.71. The van der Waals surface area contributed by atoms with E-state index in [1.807, 2.05) is 30.6 Å². The highest BCUT2D eigenvalue weighted by molar-refractivity contribution is 9.10. The van der Waals surface area contributed by atoms with Crippen molar-refractivity contribution < 1.29 is 0 Å². The fourth-order valence-corrected chi connectivity index (χ4v) is 3.24. The summed E-state index contributed by atoms with van der Waals surface area (Å²) in [5, 5.41) is 4.30. The van der Waals surface area contributed by atoms with Crippen molar-refractivity contribution in [3.8, 4) is 0 Å². The van der Waals surface area contributed by atoms with Gasteiger partial charge >= 0.3 is 0 Å². The predicted molar refractivity (Wildman–Crippen MR) is 83.6 cm³/mol. The Morgan fingerprint density at radius 3 is 3.05 bits per heavy atom. The Morgan fingerprint density at radius 1 is 1.32 bits per heavy atom. The number of anilines is 1. The molecule has 0 saturated heterocycles. The highest BCUT2D eigenvalue weighted by Gasteiger charge is 2.04. The average molecular weight is 334 g/mol. The second-order valence-electron chi connectivity index (χ2n) is 4.29. The van der Waals surface area contributed by atoms with Crippen molar-refractivity contribution in [2.45, 2.75) is 13.5 Å². The lowest BCUT2D eigenvalue weighted by molar-refractivity contribution is 1.08.